The van der Waals surface area contributed by atoms with E-state index in [1.807, 2.05) is 13.0 Å². The van der Waals surface area contributed by atoms with Gasteiger partial charge >= 0.3 is 0 Å². The summed E-state index contributed by atoms with van der Waals surface area (Å²) in [6.45, 7) is 2.89. The van der Waals surface area contributed by atoms with Gasteiger partial charge in [-0.25, -0.2) is 13.1 Å². The fourth-order valence-corrected chi connectivity index (χ4v) is 2.21. The van der Waals surface area contributed by atoms with Crippen LogP contribution < -0.4 is 10.0 Å². The van der Waals surface area contributed by atoms with Gasteiger partial charge in [0.25, 0.3) is 5.69 Å². The molecule has 0 aliphatic heterocycles. The first-order valence-corrected chi connectivity index (χ1v) is 8.11. The van der Waals surface area contributed by atoms with Crippen molar-refractivity contribution in [2.24, 2.45) is 0 Å². The molecule has 8 heteroatoms. The molecule has 1 aromatic carbocycles. The highest BCUT2D eigenvalue weighted by molar-refractivity contribution is 7.88. The summed E-state index contributed by atoms with van der Waals surface area (Å²) in [6.07, 6.45) is 1.76. The summed E-state index contributed by atoms with van der Waals surface area (Å²) in [6, 6.07) is 6.42. The van der Waals surface area contributed by atoms with Crippen molar-refractivity contribution < 1.29 is 13.3 Å². The predicted octanol–water partition coefficient (Wildman–Crippen LogP) is 1.18. The van der Waals surface area contributed by atoms with Crippen LogP contribution in [0.5, 0.6) is 0 Å². The van der Waals surface area contributed by atoms with Gasteiger partial charge in [-0.05, 0) is 25.5 Å². The largest absolute Gasteiger partial charge is 0.310 e. The Balaban J connectivity index is 2.41. The van der Waals surface area contributed by atoms with Gasteiger partial charge in [-0.2, -0.15) is 0 Å². The van der Waals surface area contributed by atoms with Crippen LogP contribution in [0.25, 0.3) is 0 Å². The second kappa shape index (κ2) is 7.32. The SMILES string of the molecule is CC(NCCCNS(C)(=O)=O)c1cccc([N+](=O)[O-])c1. The third kappa shape index (κ3) is 6.09. The summed E-state index contributed by atoms with van der Waals surface area (Å²) < 4.78 is 24.1. The van der Waals surface area contributed by atoms with Gasteiger partial charge in [-0.15, -0.1) is 0 Å². The number of hydrogen-bond acceptors (Lipinski definition) is 5. The van der Waals surface area contributed by atoms with Crippen molar-refractivity contribution in [3.05, 3.63) is 39.9 Å². The molecule has 2 N–H and O–H groups in total. The first kappa shape index (κ1) is 16.5. The lowest BCUT2D eigenvalue weighted by atomic mass is 10.1. The summed E-state index contributed by atoms with van der Waals surface area (Å²) in [5.41, 5.74) is 0.894. The molecular formula is C12H19N3O4S. The Morgan fingerprint density at radius 1 is 1.35 bits per heavy atom. The Labute approximate surface area is 118 Å². The fraction of sp³-hybridized carbons (Fsp3) is 0.500. The summed E-state index contributed by atoms with van der Waals surface area (Å²) in [4.78, 5) is 10.3. The van der Waals surface area contributed by atoms with Gasteiger partial charge in [0.1, 0.15) is 0 Å². The van der Waals surface area contributed by atoms with Gasteiger partial charge in [0, 0.05) is 24.7 Å². The number of nitro benzene ring substituents is 1. The molecule has 7 nitrogen and oxygen atoms in total. The van der Waals surface area contributed by atoms with Crippen molar-refractivity contribution >= 4 is 15.7 Å². The van der Waals surface area contributed by atoms with Gasteiger partial charge < -0.3 is 5.32 Å². The molecule has 0 saturated carbocycles. The van der Waals surface area contributed by atoms with Crippen LogP contribution >= 0.6 is 0 Å². The molecular weight excluding hydrogens is 282 g/mol. The molecule has 20 heavy (non-hydrogen) atoms. The highest BCUT2D eigenvalue weighted by Crippen LogP contribution is 2.18. The van der Waals surface area contributed by atoms with Gasteiger partial charge in [0.05, 0.1) is 11.2 Å². The molecule has 0 radical (unpaired) electrons. The second-order valence-electron chi connectivity index (χ2n) is 4.55. The number of benzene rings is 1. The molecule has 1 aromatic rings. The molecule has 0 fully saturated rings. The summed E-state index contributed by atoms with van der Waals surface area (Å²) in [5, 5.41) is 13.9. The van der Waals surface area contributed by atoms with Crippen molar-refractivity contribution in [2.75, 3.05) is 19.3 Å². The van der Waals surface area contributed by atoms with Crippen LogP contribution in [0, 0.1) is 10.1 Å². The first-order chi connectivity index (χ1) is 9.29. The molecule has 0 saturated heterocycles. The van der Waals surface area contributed by atoms with E-state index in [9.17, 15) is 18.5 Å². The summed E-state index contributed by atoms with van der Waals surface area (Å²) in [7, 11) is -3.14. The molecule has 0 heterocycles. The molecule has 0 aromatic heterocycles. The van der Waals surface area contributed by atoms with Crippen LogP contribution in [0.15, 0.2) is 24.3 Å². The van der Waals surface area contributed by atoms with Gasteiger partial charge in [0.2, 0.25) is 10.0 Å². The minimum atomic E-state index is -3.14. The highest BCUT2D eigenvalue weighted by atomic mass is 32.2. The molecule has 0 spiro atoms. The summed E-state index contributed by atoms with van der Waals surface area (Å²) in [5.74, 6) is 0. The minimum absolute atomic E-state index is 0.0341. The first-order valence-electron chi connectivity index (χ1n) is 6.22. The zero-order chi connectivity index (χ0) is 15.2. The average molecular weight is 301 g/mol. The maximum absolute atomic E-state index is 10.9. The molecule has 112 valence electrons. The third-order valence-corrected chi connectivity index (χ3v) is 3.48. The van der Waals surface area contributed by atoms with E-state index in [1.165, 1.54) is 12.1 Å². The number of non-ortho nitro benzene ring substituents is 1. The Morgan fingerprint density at radius 3 is 2.65 bits per heavy atom. The van der Waals surface area contributed by atoms with Crippen molar-refractivity contribution in [2.45, 2.75) is 19.4 Å². The van der Waals surface area contributed by atoms with Crippen molar-refractivity contribution in [3.63, 3.8) is 0 Å². The van der Waals surface area contributed by atoms with Crippen LogP contribution in [0.3, 0.4) is 0 Å². The Kier molecular flexibility index (Phi) is 6.05. The highest BCUT2D eigenvalue weighted by Gasteiger charge is 2.10. The second-order valence-corrected chi connectivity index (χ2v) is 6.38. The summed E-state index contributed by atoms with van der Waals surface area (Å²) >= 11 is 0. The Morgan fingerprint density at radius 2 is 2.05 bits per heavy atom. The van der Waals surface area contributed by atoms with Gasteiger partial charge in [0.15, 0.2) is 0 Å². The van der Waals surface area contributed by atoms with Crippen LogP contribution in [0.2, 0.25) is 0 Å². The zero-order valence-corrected chi connectivity index (χ0v) is 12.3. The number of nitrogens with zero attached hydrogens (tertiary/aromatic N) is 1. The molecule has 1 unspecified atom stereocenters. The number of nitrogens with one attached hydrogen (secondary N) is 2. The van der Waals surface area contributed by atoms with Crippen LogP contribution in [-0.4, -0.2) is 32.7 Å². The van der Waals surface area contributed by atoms with E-state index >= 15 is 0 Å². The topological polar surface area (TPSA) is 101 Å². The molecule has 0 amide bonds. The Hall–Kier alpha value is -1.51. The van der Waals surface area contributed by atoms with Gasteiger partial charge in [-0.3, -0.25) is 10.1 Å². The van der Waals surface area contributed by atoms with E-state index in [0.29, 0.717) is 19.5 Å². The lowest BCUT2D eigenvalue weighted by Gasteiger charge is -2.14. The fourth-order valence-electron chi connectivity index (χ4n) is 1.69. The quantitative estimate of drug-likeness (QED) is 0.426. The molecule has 0 aliphatic carbocycles. The number of nitro groups is 1. The normalized spacial score (nSPS) is 13.1. The maximum atomic E-state index is 10.9. The maximum Gasteiger partial charge on any atom is 0.269 e. The number of rotatable bonds is 8. The number of sulfonamides is 1. The van der Waals surface area contributed by atoms with Gasteiger partial charge in [-0.1, -0.05) is 12.1 Å². The predicted molar refractivity (Wildman–Crippen MR) is 77.0 cm³/mol. The monoisotopic (exact) mass is 301 g/mol. The van der Waals surface area contributed by atoms with E-state index in [0.717, 1.165) is 11.8 Å². The van der Waals surface area contributed by atoms with E-state index in [4.69, 9.17) is 0 Å². The van der Waals surface area contributed by atoms with Crippen molar-refractivity contribution in [1.29, 1.82) is 0 Å². The number of hydrogen-bond donors (Lipinski definition) is 2. The van der Waals surface area contributed by atoms with Crippen LogP contribution in [0.1, 0.15) is 24.9 Å². The molecule has 0 aliphatic rings. The van der Waals surface area contributed by atoms with Crippen LogP contribution in [0.4, 0.5) is 5.69 Å². The van der Waals surface area contributed by atoms with Crippen LogP contribution in [-0.2, 0) is 10.0 Å². The van der Waals surface area contributed by atoms with Crippen molar-refractivity contribution in [1.82, 2.24) is 10.0 Å². The standard InChI is InChI=1S/C12H19N3O4S/c1-10(13-7-4-8-14-20(2,18)19)11-5-3-6-12(9-11)15(16)17/h3,5-6,9-10,13-14H,4,7-8H2,1-2H3. The molecule has 0 bridgehead atoms. The van der Waals surface area contributed by atoms with Crippen molar-refractivity contribution in [3.8, 4) is 0 Å². The van der Waals surface area contributed by atoms with E-state index in [1.54, 1.807) is 6.07 Å². The third-order valence-electron chi connectivity index (χ3n) is 2.75. The molecule has 1 atom stereocenters. The molecule has 1 rings (SSSR count). The smallest absolute Gasteiger partial charge is 0.269 e. The lowest BCUT2D eigenvalue weighted by Crippen LogP contribution is -2.27. The average Bonchev–Trinajstić information content (AvgIpc) is 2.37. The zero-order valence-electron chi connectivity index (χ0n) is 11.5. The van der Waals surface area contributed by atoms with E-state index in [-0.39, 0.29) is 11.7 Å². The van der Waals surface area contributed by atoms with E-state index < -0.39 is 14.9 Å². The minimum Gasteiger partial charge on any atom is -0.310 e. The Bertz CT molecular complexity index is 560. The lowest BCUT2D eigenvalue weighted by molar-refractivity contribution is -0.384. The van der Waals surface area contributed by atoms with E-state index in [2.05, 4.69) is 10.0 Å².